The van der Waals surface area contributed by atoms with Gasteiger partial charge in [-0.2, -0.15) is 10.1 Å². The van der Waals surface area contributed by atoms with E-state index in [-0.39, 0.29) is 23.4 Å². The standard InChI is InChI=1S/C15H18FN5O2S/c1-2-21(13-6-7-24(22,23)10-13)15-19-14(9-17-20-15)18-12-5-3-4-11(16)8-12/h3-5,8-9,13H,2,6-7,10H2,1H3,(H,18,19,20). The topological polar surface area (TPSA) is 88.1 Å². The Labute approximate surface area is 139 Å². The van der Waals surface area contributed by atoms with Crippen molar-refractivity contribution in [2.75, 3.05) is 28.3 Å². The Kier molecular flexibility index (Phi) is 4.61. The predicted molar refractivity (Wildman–Crippen MR) is 89.6 cm³/mol. The van der Waals surface area contributed by atoms with Crippen LogP contribution in [0, 0.1) is 5.82 Å². The molecular weight excluding hydrogens is 333 g/mol. The van der Waals surface area contributed by atoms with Gasteiger partial charge in [-0.3, -0.25) is 0 Å². The van der Waals surface area contributed by atoms with Gasteiger partial charge in [0, 0.05) is 18.3 Å². The monoisotopic (exact) mass is 351 g/mol. The fraction of sp³-hybridized carbons (Fsp3) is 0.400. The summed E-state index contributed by atoms with van der Waals surface area (Å²) < 4.78 is 36.7. The van der Waals surface area contributed by atoms with Crippen LogP contribution in [0.4, 0.5) is 21.8 Å². The van der Waals surface area contributed by atoms with E-state index in [9.17, 15) is 12.8 Å². The Balaban J connectivity index is 1.81. The highest BCUT2D eigenvalue weighted by Gasteiger charge is 2.33. The van der Waals surface area contributed by atoms with E-state index in [2.05, 4.69) is 20.5 Å². The van der Waals surface area contributed by atoms with Crippen LogP contribution in [0.15, 0.2) is 30.5 Å². The van der Waals surface area contributed by atoms with Crippen molar-refractivity contribution in [3.8, 4) is 0 Å². The van der Waals surface area contributed by atoms with E-state index >= 15 is 0 Å². The second-order valence-electron chi connectivity index (χ2n) is 5.62. The van der Waals surface area contributed by atoms with Gasteiger partial charge in [0.05, 0.1) is 17.7 Å². The minimum Gasteiger partial charge on any atom is -0.339 e. The molecule has 0 saturated carbocycles. The molecule has 0 radical (unpaired) electrons. The summed E-state index contributed by atoms with van der Waals surface area (Å²) >= 11 is 0. The molecule has 3 rings (SSSR count). The Morgan fingerprint density at radius 2 is 2.25 bits per heavy atom. The molecule has 2 heterocycles. The van der Waals surface area contributed by atoms with Crippen LogP contribution < -0.4 is 10.2 Å². The van der Waals surface area contributed by atoms with E-state index in [0.717, 1.165) is 0 Å². The molecule has 128 valence electrons. The predicted octanol–water partition coefficient (Wildman–Crippen LogP) is 1.77. The molecule has 2 aromatic rings. The van der Waals surface area contributed by atoms with Gasteiger partial charge in [0.1, 0.15) is 5.82 Å². The molecule has 1 unspecified atom stereocenters. The summed E-state index contributed by atoms with van der Waals surface area (Å²) in [6, 6.07) is 5.86. The second-order valence-corrected chi connectivity index (χ2v) is 7.85. The number of hydrogen-bond donors (Lipinski definition) is 1. The van der Waals surface area contributed by atoms with Crippen molar-refractivity contribution in [3.05, 3.63) is 36.3 Å². The van der Waals surface area contributed by atoms with Gasteiger partial charge in [-0.05, 0) is 31.5 Å². The molecule has 1 aromatic carbocycles. The maximum absolute atomic E-state index is 13.3. The van der Waals surface area contributed by atoms with E-state index < -0.39 is 9.84 Å². The van der Waals surface area contributed by atoms with Gasteiger partial charge < -0.3 is 10.2 Å². The minimum atomic E-state index is -3.00. The van der Waals surface area contributed by atoms with E-state index in [1.807, 2.05) is 11.8 Å². The lowest BCUT2D eigenvalue weighted by Gasteiger charge is -2.26. The first-order valence-electron chi connectivity index (χ1n) is 7.66. The smallest absolute Gasteiger partial charge is 0.247 e. The van der Waals surface area contributed by atoms with Crippen molar-refractivity contribution in [1.82, 2.24) is 15.2 Å². The van der Waals surface area contributed by atoms with Gasteiger partial charge >= 0.3 is 0 Å². The lowest BCUT2D eigenvalue weighted by molar-refractivity contribution is 0.598. The van der Waals surface area contributed by atoms with Crippen LogP contribution in [0.1, 0.15) is 13.3 Å². The average molecular weight is 351 g/mol. The van der Waals surface area contributed by atoms with Crippen molar-refractivity contribution in [3.63, 3.8) is 0 Å². The summed E-state index contributed by atoms with van der Waals surface area (Å²) in [5, 5.41) is 10.9. The molecular formula is C15H18FN5O2S. The third-order valence-corrected chi connectivity index (χ3v) is 5.64. The fourth-order valence-corrected chi connectivity index (χ4v) is 4.50. The zero-order valence-electron chi connectivity index (χ0n) is 13.2. The number of anilines is 3. The van der Waals surface area contributed by atoms with E-state index in [1.54, 1.807) is 12.1 Å². The van der Waals surface area contributed by atoms with Crippen molar-refractivity contribution in [1.29, 1.82) is 0 Å². The maximum atomic E-state index is 13.3. The van der Waals surface area contributed by atoms with E-state index in [0.29, 0.717) is 30.4 Å². The molecule has 0 spiro atoms. The molecule has 1 fully saturated rings. The highest BCUT2D eigenvalue weighted by molar-refractivity contribution is 7.91. The lowest BCUT2D eigenvalue weighted by Crippen LogP contribution is -2.37. The number of halogens is 1. The molecule has 0 amide bonds. The number of aromatic nitrogens is 3. The van der Waals surface area contributed by atoms with Crippen LogP contribution in [0.5, 0.6) is 0 Å². The number of nitrogens with zero attached hydrogens (tertiary/aromatic N) is 4. The molecule has 1 aliphatic heterocycles. The Morgan fingerprint density at radius 3 is 2.92 bits per heavy atom. The van der Waals surface area contributed by atoms with Crippen LogP contribution in [0.2, 0.25) is 0 Å². The van der Waals surface area contributed by atoms with E-state index in [4.69, 9.17) is 0 Å². The quantitative estimate of drug-likeness (QED) is 0.878. The largest absolute Gasteiger partial charge is 0.339 e. The summed E-state index contributed by atoms with van der Waals surface area (Å²) in [6.07, 6.45) is 1.99. The van der Waals surface area contributed by atoms with Gasteiger partial charge in [0.25, 0.3) is 0 Å². The van der Waals surface area contributed by atoms with Gasteiger partial charge in [-0.15, -0.1) is 5.10 Å². The molecule has 1 N–H and O–H groups in total. The minimum absolute atomic E-state index is 0.103. The summed E-state index contributed by atoms with van der Waals surface area (Å²) in [6.45, 7) is 2.49. The van der Waals surface area contributed by atoms with Crippen LogP contribution in [-0.4, -0.2) is 47.7 Å². The SMILES string of the molecule is CCN(c1nncc(Nc2cccc(F)c2)n1)C1CCS(=O)(=O)C1. The third kappa shape index (κ3) is 3.78. The molecule has 1 aromatic heterocycles. The number of hydrogen-bond acceptors (Lipinski definition) is 7. The van der Waals surface area contributed by atoms with Crippen LogP contribution in [0.25, 0.3) is 0 Å². The molecule has 1 aliphatic rings. The Bertz CT molecular complexity index is 830. The average Bonchev–Trinajstić information content (AvgIpc) is 2.88. The second kappa shape index (κ2) is 6.68. The third-order valence-electron chi connectivity index (χ3n) is 3.89. The highest BCUT2D eigenvalue weighted by Crippen LogP contribution is 2.22. The van der Waals surface area contributed by atoms with Crippen molar-refractivity contribution < 1.29 is 12.8 Å². The lowest BCUT2D eigenvalue weighted by atomic mass is 10.2. The number of nitrogens with one attached hydrogen (secondary N) is 1. The first kappa shape index (κ1) is 16.6. The fourth-order valence-electron chi connectivity index (χ4n) is 2.77. The first-order valence-corrected chi connectivity index (χ1v) is 9.48. The zero-order valence-corrected chi connectivity index (χ0v) is 14.0. The van der Waals surface area contributed by atoms with Gasteiger partial charge in [-0.1, -0.05) is 6.07 Å². The highest BCUT2D eigenvalue weighted by atomic mass is 32.2. The zero-order chi connectivity index (χ0) is 17.2. The van der Waals surface area contributed by atoms with Gasteiger partial charge in [0.2, 0.25) is 5.95 Å². The summed E-state index contributed by atoms with van der Waals surface area (Å²) in [5.74, 6) is 0.716. The molecule has 0 bridgehead atoms. The van der Waals surface area contributed by atoms with Crippen LogP contribution in [-0.2, 0) is 9.84 Å². The normalized spacial score (nSPS) is 19.2. The molecule has 9 heteroatoms. The van der Waals surface area contributed by atoms with Crippen LogP contribution >= 0.6 is 0 Å². The Hall–Kier alpha value is -2.29. The molecule has 0 aliphatic carbocycles. The summed E-state index contributed by atoms with van der Waals surface area (Å²) in [5.41, 5.74) is 0.549. The summed E-state index contributed by atoms with van der Waals surface area (Å²) in [7, 11) is -3.00. The number of sulfone groups is 1. The van der Waals surface area contributed by atoms with Gasteiger partial charge in [-0.25, -0.2) is 12.8 Å². The van der Waals surface area contributed by atoms with Crippen molar-refractivity contribution in [2.45, 2.75) is 19.4 Å². The maximum Gasteiger partial charge on any atom is 0.247 e. The molecule has 24 heavy (non-hydrogen) atoms. The van der Waals surface area contributed by atoms with E-state index in [1.165, 1.54) is 18.3 Å². The van der Waals surface area contributed by atoms with Gasteiger partial charge in [0.15, 0.2) is 15.7 Å². The molecule has 1 saturated heterocycles. The van der Waals surface area contributed by atoms with Crippen LogP contribution in [0.3, 0.4) is 0 Å². The van der Waals surface area contributed by atoms with Crippen molar-refractivity contribution >= 4 is 27.3 Å². The Morgan fingerprint density at radius 1 is 1.42 bits per heavy atom. The van der Waals surface area contributed by atoms with Crippen molar-refractivity contribution in [2.24, 2.45) is 0 Å². The molecule has 7 nitrogen and oxygen atoms in total. The molecule has 1 atom stereocenters. The first-order chi connectivity index (χ1) is 11.5. The summed E-state index contributed by atoms with van der Waals surface area (Å²) in [4.78, 5) is 6.23. The number of benzene rings is 1. The number of rotatable bonds is 5.